The smallest absolute Gasteiger partial charge is 0.272 e. The number of hydrogen-bond donors (Lipinski definition) is 3. The maximum absolute atomic E-state index is 13.5. The highest BCUT2D eigenvalue weighted by molar-refractivity contribution is 8.00. The van der Waals surface area contributed by atoms with Crippen LogP contribution in [0.2, 0.25) is 0 Å². The van der Waals surface area contributed by atoms with Crippen molar-refractivity contribution < 1.29 is 28.6 Å². The Labute approximate surface area is 286 Å². The second-order valence-corrected chi connectivity index (χ2v) is 12.0. The van der Waals surface area contributed by atoms with Crippen molar-refractivity contribution in [1.29, 1.82) is 0 Å². The van der Waals surface area contributed by atoms with E-state index in [1.165, 1.54) is 30.2 Å². The van der Waals surface area contributed by atoms with Crippen LogP contribution >= 0.6 is 23.1 Å². The van der Waals surface area contributed by atoms with Crippen molar-refractivity contribution in [2.24, 2.45) is 0 Å². The molecule has 4 aromatic carbocycles. The Balaban J connectivity index is 1.21. The zero-order valence-corrected chi connectivity index (χ0v) is 27.9. The molecule has 0 atom stereocenters. The van der Waals surface area contributed by atoms with Crippen LogP contribution in [0.4, 0.5) is 10.8 Å². The quantitative estimate of drug-likeness (QED) is 0.0899. The number of aromatic nitrogens is 1. The Morgan fingerprint density at radius 1 is 0.812 bits per heavy atom. The lowest BCUT2D eigenvalue weighted by molar-refractivity contribution is -0.114. The van der Waals surface area contributed by atoms with Crippen LogP contribution in [0.25, 0.3) is 17.3 Å². The first kappa shape index (κ1) is 33.8. The van der Waals surface area contributed by atoms with Crippen LogP contribution < -0.4 is 30.2 Å². The average Bonchev–Trinajstić information content (AvgIpc) is 3.59. The summed E-state index contributed by atoms with van der Waals surface area (Å²) in [5.74, 6) is 0.817. The summed E-state index contributed by atoms with van der Waals surface area (Å²) in [6.07, 6.45) is 1.54. The van der Waals surface area contributed by atoms with Gasteiger partial charge in [0.25, 0.3) is 11.8 Å². The fourth-order valence-corrected chi connectivity index (χ4v) is 5.83. The number of carbonyl (C=O) groups excluding carboxylic acids is 3. The standard InChI is InChI=1S/C36H32N4O6S2/c1-44-27-14-9-23(10-15-27)31-21-48-36(39-31)40-33(41)22-47-29-17-12-26(13-18-29)37-35(43)30(38-34(42)24-7-5-4-6-8-24)19-25-11-16-28(45-2)20-32(25)46-3/h4-21H,22H2,1-3H3,(H,37,43)(H,38,42)(H,39,40,41)/b30-19-. The van der Waals surface area contributed by atoms with E-state index in [0.29, 0.717) is 33.4 Å². The number of methoxy groups -OCH3 is 3. The van der Waals surface area contributed by atoms with Gasteiger partial charge in [-0.05, 0) is 78.9 Å². The van der Waals surface area contributed by atoms with Gasteiger partial charge >= 0.3 is 0 Å². The highest BCUT2D eigenvalue weighted by Gasteiger charge is 2.17. The minimum atomic E-state index is -0.533. The number of nitrogens with one attached hydrogen (secondary N) is 3. The molecule has 5 rings (SSSR count). The maximum Gasteiger partial charge on any atom is 0.272 e. The molecule has 3 amide bonds. The summed E-state index contributed by atoms with van der Waals surface area (Å²) in [6.45, 7) is 0. The Kier molecular flexibility index (Phi) is 11.5. The Morgan fingerprint density at radius 3 is 2.21 bits per heavy atom. The highest BCUT2D eigenvalue weighted by Crippen LogP contribution is 2.28. The van der Waals surface area contributed by atoms with Gasteiger partial charge in [-0.15, -0.1) is 23.1 Å². The molecule has 5 aromatic rings. The van der Waals surface area contributed by atoms with Crippen molar-refractivity contribution in [3.05, 3.63) is 119 Å². The monoisotopic (exact) mass is 680 g/mol. The second kappa shape index (κ2) is 16.3. The number of nitrogens with zero attached hydrogens (tertiary/aromatic N) is 1. The Bertz CT molecular complexity index is 1910. The van der Waals surface area contributed by atoms with Gasteiger partial charge in [0.2, 0.25) is 5.91 Å². The van der Waals surface area contributed by atoms with E-state index in [0.717, 1.165) is 21.9 Å². The molecule has 0 radical (unpaired) electrons. The summed E-state index contributed by atoms with van der Waals surface area (Å²) in [5.41, 5.74) is 3.18. The Hall–Kier alpha value is -5.59. The maximum atomic E-state index is 13.5. The molecular formula is C36H32N4O6S2. The van der Waals surface area contributed by atoms with Gasteiger partial charge in [-0.2, -0.15) is 0 Å². The molecule has 12 heteroatoms. The van der Waals surface area contributed by atoms with E-state index in [9.17, 15) is 14.4 Å². The molecule has 1 heterocycles. The van der Waals surface area contributed by atoms with E-state index < -0.39 is 11.8 Å². The number of thiazole rings is 1. The number of rotatable bonds is 13. The zero-order chi connectivity index (χ0) is 33.9. The number of hydrogen-bond acceptors (Lipinski definition) is 9. The third-order valence-electron chi connectivity index (χ3n) is 6.89. The van der Waals surface area contributed by atoms with Crippen LogP contribution in [-0.4, -0.2) is 49.8 Å². The third-order valence-corrected chi connectivity index (χ3v) is 8.66. The van der Waals surface area contributed by atoms with Crippen molar-refractivity contribution in [3.8, 4) is 28.5 Å². The highest BCUT2D eigenvalue weighted by atomic mass is 32.2. The molecule has 0 bridgehead atoms. The lowest BCUT2D eigenvalue weighted by atomic mass is 10.1. The topological polar surface area (TPSA) is 128 Å². The summed E-state index contributed by atoms with van der Waals surface area (Å²) in [5, 5.41) is 10.8. The van der Waals surface area contributed by atoms with E-state index in [1.807, 2.05) is 29.6 Å². The predicted octanol–water partition coefficient (Wildman–Crippen LogP) is 6.98. The van der Waals surface area contributed by atoms with Gasteiger partial charge in [0.1, 0.15) is 22.9 Å². The molecule has 3 N–H and O–H groups in total. The van der Waals surface area contributed by atoms with Gasteiger partial charge < -0.3 is 30.2 Å². The number of benzene rings is 4. The first-order valence-corrected chi connectivity index (χ1v) is 16.5. The number of amides is 3. The molecule has 10 nitrogen and oxygen atoms in total. The van der Waals surface area contributed by atoms with Crippen molar-refractivity contribution in [2.75, 3.05) is 37.7 Å². The van der Waals surface area contributed by atoms with Crippen molar-refractivity contribution in [1.82, 2.24) is 10.3 Å². The molecule has 0 spiro atoms. The molecule has 0 saturated carbocycles. The summed E-state index contributed by atoms with van der Waals surface area (Å²) >= 11 is 2.70. The first-order valence-electron chi connectivity index (χ1n) is 14.6. The van der Waals surface area contributed by atoms with Crippen LogP contribution in [0.15, 0.2) is 113 Å². The molecular weight excluding hydrogens is 649 g/mol. The zero-order valence-electron chi connectivity index (χ0n) is 26.3. The van der Waals surface area contributed by atoms with Crippen LogP contribution in [0.5, 0.6) is 17.2 Å². The summed E-state index contributed by atoms with van der Waals surface area (Å²) in [6, 6.07) is 28.4. The number of thioether (sulfide) groups is 1. The van der Waals surface area contributed by atoms with E-state index >= 15 is 0 Å². The normalized spacial score (nSPS) is 10.9. The van der Waals surface area contributed by atoms with Gasteiger partial charge in [-0.25, -0.2) is 4.98 Å². The lowest BCUT2D eigenvalue weighted by Gasteiger charge is -2.13. The Morgan fingerprint density at radius 2 is 1.52 bits per heavy atom. The number of anilines is 2. The van der Waals surface area contributed by atoms with E-state index in [1.54, 1.807) is 93.1 Å². The van der Waals surface area contributed by atoms with Crippen LogP contribution in [0, 0.1) is 0 Å². The minimum absolute atomic E-state index is 0.0137. The molecule has 0 saturated heterocycles. The van der Waals surface area contributed by atoms with Gasteiger partial charge in [0.15, 0.2) is 5.13 Å². The van der Waals surface area contributed by atoms with Crippen LogP contribution in [0.1, 0.15) is 15.9 Å². The third kappa shape index (κ3) is 9.02. The van der Waals surface area contributed by atoms with E-state index in [2.05, 4.69) is 20.9 Å². The fraction of sp³-hybridized carbons (Fsp3) is 0.111. The van der Waals surface area contributed by atoms with Gasteiger partial charge in [0, 0.05) is 38.7 Å². The van der Waals surface area contributed by atoms with Crippen molar-refractivity contribution in [3.63, 3.8) is 0 Å². The largest absolute Gasteiger partial charge is 0.497 e. The average molecular weight is 681 g/mol. The van der Waals surface area contributed by atoms with Crippen molar-refractivity contribution >= 4 is 57.7 Å². The molecule has 0 aliphatic carbocycles. The second-order valence-electron chi connectivity index (χ2n) is 10.1. The fourth-order valence-electron chi connectivity index (χ4n) is 4.40. The number of carbonyl (C=O) groups is 3. The molecule has 0 aliphatic heterocycles. The van der Waals surface area contributed by atoms with Crippen molar-refractivity contribution in [2.45, 2.75) is 4.90 Å². The van der Waals surface area contributed by atoms with E-state index in [-0.39, 0.29) is 17.4 Å². The van der Waals surface area contributed by atoms with Crippen LogP contribution in [-0.2, 0) is 9.59 Å². The summed E-state index contributed by atoms with van der Waals surface area (Å²) in [7, 11) is 4.67. The molecule has 0 unspecified atom stereocenters. The summed E-state index contributed by atoms with van der Waals surface area (Å²) in [4.78, 5) is 44.5. The minimum Gasteiger partial charge on any atom is -0.497 e. The van der Waals surface area contributed by atoms with Gasteiger partial charge in [-0.3, -0.25) is 14.4 Å². The summed E-state index contributed by atoms with van der Waals surface area (Å²) < 4.78 is 16.0. The van der Waals surface area contributed by atoms with E-state index in [4.69, 9.17) is 14.2 Å². The predicted molar refractivity (Wildman–Crippen MR) is 190 cm³/mol. The van der Waals surface area contributed by atoms with Crippen LogP contribution in [0.3, 0.4) is 0 Å². The number of ether oxygens (including phenoxy) is 3. The van der Waals surface area contributed by atoms with Gasteiger partial charge in [-0.1, -0.05) is 18.2 Å². The molecule has 244 valence electrons. The first-order chi connectivity index (χ1) is 23.3. The molecule has 0 fully saturated rings. The van der Waals surface area contributed by atoms with Gasteiger partial charge in [0.05, 0.1) is 32.8 Å². The molecule has 0 aliphatic rings. The molecule has 48 heavy (non-hydrogen) atoms. The lowest BCUT2D eigenvalue weighted by Crippen LogP contribution is -2.30. The SMILES string of the molecule is COc1ccc(-c2csc(NC(=O)CSc3ccc(NC(=O)/C(=C/c4ccc(OC)cc4OC)NC(=O)c4ccccc4)cc3)n2)cc1. The molecule has 1 aromatic heterocycles.